The maximum atomic E-state index is 11.7. The summed E-state index contributed by atoms with van der Waals surface area (Å²) in [5, 5.41) is 3.32. The Labute approximate surface area is 114 Å². The summed E-state index contributed by atoms with van der Waals surface area (Å²) in [6.45, 7) is 2.14. The second-order valence-corrected chi connectivity index (χ2v) is 4.88. The summed E-state index contributed by atoms with van der Waals surface area (Å²) >= 11 is 0. The number of benzene rings is 1. The number of piperidine rings is 1. The second-order valence-electron chi connectivity index (χ2n) is 4.88. The van der Waals surface area contributed by atoms with Gasteiger partial charge in [0, 0.05) is 6.42 Å². The highest BCUT2D eigenvalue weighted by molar-refractivity contribution is 5.72. The number of ether oxygens (including phenoxy) is 2. The number of methoxy groups -OCH3 is 1. The van der Waals surface area contributed by atoms with Crippen LogP contribution in [0.15, 0.2) is 24.3 Å². The van der Waals surface area contributed by atoms with Gasteiger partial charge in [-0.15, -0.1) is 0 Å². The van der Waals surface area contributed by atoms with E-state index in [-0.39, 0.29) is 5.97 Å². The minimum absolute atomic E-state index is 0.149. The van der Waals surface area contributed by atoms with Crippen LogP contribution in [0.3, 0.4) is 0 Å². The van der Waals surface area contributed by atoms with Crippen LogP contribution in [-0.4, -0.2) is 26.2 Å². The van der Waals surface area contributed by atoms with E-state index < -0.39 is 0 Å². The van der Waals surface area contributed by atoms with Crippen molar-refractivity contribution in [1.82, 2.24) is 5.32 Å². The summed E-state index contributed by atoms with van der Waals surface area (Å²) < 4.78 is 10.3. The molecule has 1 aliphatic heterocycles. The molecule has 1 heterocycles. The number of esters is 1. The highest BCUT2D eigenvalue weighted by Crippen LogP contribution is 2.20. The van der Waals surface area contributed by atoms with Crippen molar-refractivity contribution < 1.29 is 14.3 Å². The van der Waals surface area contributed by atoms with Gasteiger partial charge in [0.1, 0.15) is 11.5 Å². The molecular weight excluding hydrogens is 242 g/mol. The third-order valence-corrected chi connectivity index (χ3v) is 3.51. The van der Waals surface area contributed by atoms with E-state index in [2.05, 4.69) is 5.32 Å². The lowest BCUT2D eigenvalue weighted by atomic mass is 9.93. The molecule has 0 unspecified atom stereocenters. The van der Waals surface area contributed by atoms with Crippen molar-refractivity contribution >= 4 is 5.97 Å². The van der Waals surface area contributed by atoms with E-state index in [9.17, 15) is 4.79 Å². The summed E-state index contributed by atoms with van der Waals surface area (Å²) in [4.78, 5) is 11.7. The molecule has 2 rings (SSSR count). The third kappa shape index (κ3) is 4.56. The number of hydrogen-bond donors (Lipinski definition) is 1. The number of carbonyl (C=O) groups is 1. The van der Waals surface area contributed by atoms with Crippen molar-refractivity contribution in [3.63, 3.8) is 0 Å². The molecule has 1 aromatic rings. The Bertz CT molecular complexity index is 396. The van der Waals surface area contributed by atoms with E-state index in [1.54, 1.807) is 31.4 Å². The first-order chi connectivity index (χ1) is 9.28. The van der Waals surface area contributed by atoms with Crippen LogP contribution in [0.2, 0.25) is 0 Å². The minimum Gasteiger partial charge on any atom is -0.497 e. The first kappa shape index (κ1) is 13.9. The molecule has 0 atom stereocenters. The number of hydrogen-bond acceptors (Lipinski definition) is 4. The van der Waals surface area contributed by atoms with Crippen LogP contribution in [-0.2, 0) is 4.79 Å². The molecule has 0 spiro atoms. The first-order valence-electron chi connectivity index (χ1n) is 6.83. The zero-order valence-electron chi connectivity index (χ0n) is 11.4. The Hall–Kier alpha value is -1.55. The Morgan fingerprint density at radius 1 is 1.21 bits per heavy atom. The molecule has 104 valence electrons. The van der Waals surface area contributed by atoms with Crippen molar-refractivity contribution in [2.24, 2.45) is 5.92 Å². The Kier molecular flexibility index (Phi) is 5.21. The van der Waals surface area contributed by atoms with Crippen molar-refractivity contribution in [2.75, 3.05) is 20.2 Å². The number of nitrogens with one attached hydrogen (secondary N) is 1. The normalized spacial score (nSPS) is 16.1. The minimum atomic E-state index is -0.149. The smallest absolute Gasteiger partial charge is 0.311 e. The molecule has 0 bridgehead atoms. The van der Waals surface area contributed by atoms with E-state index in [0.717, 1.165) is 38.1 Å². The van der Waals surface area contributed by atoms with Gasteiger partial charge < -0.3 is 14.8 Å². The average molecular weight is 263 g/mol. The van der Waals surface area contributed by atoms with E-state index in [0.29, 0.717) is 18.1 Å². The zero-order chi connectivity index (χ0) is 13.5. The lowest BCUT2D eigenvalue weighted by molar-refractivity contribution is -0.134. The van der Waals surface area contributed by atoms with Gasteiger partial charge in [-0.05, 0) is 62.5 Å². The van der Waals surface area contributed by atoms with Gasteiger partial charge >= 0.3 is 5.97 Å². The Morgan fingerprint density at radius 2 is 1.84 bits per heavy atom. The fourth-order valence-corrected chi connectivity index (χ4v) is 2.32. The summed E-state index contributed by atoms with van der Waals surface area (Å²) in [6, 6.07) is 7.08. The lowest BCUT2D eigenvalue weighted by Crippen LogP contribution is -2.28. The summed E-state index contributed by atoms with van der Waals surface area (Å²) in [6.07, 6.45) is 3.75. The maximum Gasteiger partial charge on any atom is 0.311 e. The summed E-state index contributed by atoms with van der Waals surface area (Å²) in [5.41, 5.74) is 0. The molecular formula is C15H21NO3. The van der Waals surface area contributed by atoms with Gasteiger partial charge in [-0.1, -0.05) is 0 Å². The highest BCUT2D eigenvalue weighted by atomic mass is 16.5. The van der Waals surface area contributed by atoms with Crippen LogP contribution in [0, 0.1) is 5.92 Å². The molecule has 19 heavy (non-hydrogen) atoms. The van der Waals surface area contributed by atoms with Gasteiger partial charge in [0.15, 0.2) is 0 Å². The van der Waals surface area contributed by atoms with Gasteiger partial charge in [-0.25, -0.2) is 0 Å². The molecule has 0 amide bonds. The van der Waals surface area contributed by atoms with Crippen molar-refractivity contribution in [3.8, 4) is 11.5 Å². The average Bonchev–Trinajstić information content (AvgIpc) is 2.47. The van der Waals surface area contributed by atoms with Crippen molar-refractivity contribution in [2.45, 2.75) is 25.7 Å². The van der Waals surface area contributed by atoms with Gasteiger partial charge in [0.2, 0.25) is 0 Å². The molecule has 1 fully saturated rings. The van der Waals surface area contributed by atoms with Crippen molar-refractivity contribution in [1.29, 1.82) is 0 Å². The van der Waals surface area contributed by atoms with E-state index in [1.807, 2.05) is 0 Å². The molecule has 0 radical (unpaired) electrons. The van der Waals surface area contributed by atoms with Crippen LogP contribution in [0.5, 0.6) is 11.5 Å². The van der Waals surface area contributed by atoms with Crippen molar-refractivity contribution in [3.05, 3.63) is 24.3 Å². The van der Waals surface area contributed by atoms with Crippen LogP contribution in [0.25, 0.3) is 0 Å². The molecule has 1 aliphatic rings. The number of rotatable bonds is 5. The Morgan fingerprint density at radius 3 is 2.47 bits per heavy atom. The van der Waals surface area contributed by atoms with Crippen LogP contribution >= 0.6 is 0 Å². The lowest BCUT2D eigenvalue weighted by Gasteiger charge is -2.21. The van der Waals surface area contributed by atoms with E-state index >= 15 is 0 Å². The highest BCUT2D eigenvalue weighted by Gasteiger charge is 2.15. The molecule has 4 heteroatoms. The fraction of sp³-hybridized carbons (Fsp3) is 0.533. The van der Waals surface area contributed by atoms with Crippen LogP contribution in [0.4, 0.5) is 0 Å². The quantitative estimate of drug-likeness (QED) is 0.654. The van der Waals surface area contributed by atoms with Crippen LogP contribution < -0.4 is 14.8 Å². The van der Waals surface area contributed by atoms with Gasteiger partial charge in [-0.3, -0.25) is 4.79 Å². The van der Waals surface area contributed by atoms with E-state index in [1.165, 1.54) is 0 Å². The predicted molar refractivity (Wildman–Crippen MR) is 73.5 cm³/mol. The molecule has 4 nitrogen and oxygen atoms in total. The summed E-state index contributed by atoms with van der Waals surface area (Å²) in [7, 11) is 1.61. The molecule has 1 saturated heterocycles. The van der Waals surface area contributed by atoms with Gasteiger partial charge in [0.05, 0.1) is 7.11 Å². The third-order valence-electron chi connectivity index (χ3n) is 3.51. The fourth-order valence-electron chi connectivity index (χ4n) is 2.32. The molecule has 0 aromatic heterocycles. The second kappa shape index (κ2) is 7.14. The first-order valence-corrected chi connectivity index (χ1v) is 6.83. The monoisotopic (exact) mass is 263 g/mol. The van der Waals surface area contributed by atoms with Gasteiger partial charge in [-0.2, -0.15) is 0 Å². The van der Waals surface area contributed by atoms with E-state index in [4.69, 9.17) is 9.47 Å². The molecule has 1 N–H and O–H groups in total. The molecule has 0 aliphatic carbocycles. The largest absolute Gasteiger partial charge is 0.497 e. The zero-order valence-corrected chi connectivity index (χ0v) is 11.4. The molecule has 0 saturated carbocycles. The summed E-state index contributed by atoms with van der Waals surface area (Å²) in [5.74, 6) is 1.85. The standard InChI is InChI=1S/C15H21NO3/c1-18-13-3-5-14(6-4-13)19-15(17)7-2-12-8-10-16-11-9-12/h3-6,12,16H,2,7-11H2,1H3. The topological polar surface area (TPSA) is 47.6 Å². The van der Waals surface area contributed by atoms with Gasteiger partial charge in [0.25, 0.3) is 0 Å². The maximum absolute atomic E-state index is 11.7. The SMILES string of the molecule is COc1ccc(OC(=O)CCC2CCNCC2)cc1. The van der Waals surface area contributed by atoms with Crippen LogP contribution in [0.1, 0.15) is 25.7 Å². The predicted octanol–water partition coefficient (Wildman–Crippen LogP) is 2.38. The molecule has 1 aromatic carbocycles. The Balaban J connectivity index is 1.73. The number of carbonyl (C=O) groups excluding carboxylic acids is 1.